The largest absolute Gasteiger partial charge is 0.375 e. The molecule has 2 aliphatic rings. The van der Waals surface area contributed by atoms with Crippen molar-refractivity contribution in [2.75, 3.05) is 48.7 Å². The van der Waals surface area contributed by atoms with E-state index in [2.05, 4.69) is 34.0 Å². The Morgan fingerprint density at radius 1 is 1.09 bits per heavy atom. The molecule has 1 amide bonds. The lowest BCUT2D eigenvalue weighted by molar-refractivity contribution is 0.0606. The van der Waals surface area contributed by atoms with E-state index in [0.29, 0.717) is 31.0 Å². The normalized spacial score (nSPS) is 19.0. The van der Waals surface area contributed by atoms with Crippen LogP contribution in [0.25, 0.3) is 5.65 Å². The summed E-state index contributed by atoms with van der Waals surface area (Å²) in [6, 6.07) is 17.5. The number of ether oxygens (including phenoxy) is 1. The minimum atomic E-state index is -3.56. The molecule has 0 saturated carbocycles. The lowest BCUT2D eigenvalue weighted by atomic mass is 9.97. The molecule has 6 rings (SSSR count). The molecule has 2 N–H and O–H groups in total. The minimum absolute atomic E-state index is 0.186. The lowest BCUT2D eigenvalue weighted by Crippen LogP contribution is -2.53. The average Bonchev–Trinajstić information content (AvgIpc) is 3.47. The van der Waals surface area contributed by atoms with Gasteiger partial charge in [-0.15, -0.1) is 0 Å². The van der Waals surface area contributed by atoms with Gasteiger partial charge in [-0.1, -0.05) is 43.3 Å². The topological polar surface area (TPSA) is 121 Å². The Bertz CT molecular complexity index is 1790. The Morgan fingerprint density at radius 2 is 1.91 bits per heavy atom. The van der Waals surface area contributed by atoms with Gasteiger partial charge in [-0.2, -0.15) is 5.10 Å². The number of hydrogen-bond acceptors (Lipinski definition) is 8. The number of fused-ring (bicyclic) bond motifs is 1. The summed E-state index contributed by atoms with van der Waals surface area (Å²) in [7, 11) is -3.56. The van der Waals surface area contributed by atoms with Gasteiger partial charge in [-0.3, -0.25) is 9.52 Å². The third-order valence-electron chi connectivity index (χ3n) is 8.73. The Hall–Kier alpha value is -4.00. The van der Waals surface area contributed by atoms with Crippen LogP contribution in [0.2, 0.25) is 0 Å². The molecule has 11 nitrogen and oxygen atoms in total. The van der Waals surface area contributed by atoms with Crippen molar-refractivity contribution >= 4 is 33.1 Å². The number of carbonyl (C=O) groups is 1. The zero-order valence-electron chi connectivity index (χ0n) is 26.8. The van der Waals surface area contributed by atoms with Crippen molar-refractivity contribution in [2.45, 2.75) is 58.2 Å². The van der Waals surface area contributed by atoms with Crippen LogP contribution in [-0.4, -0.2) is 78.9 Å². The molecular formula is C34H43N7O4S. The number of nitrogens with one attached hydrogen (secondary N) is 2. The highest BCUT2D eigenvalue weighted by Gasteiger charge is 2.32. The Morgan fingerprint density at radius 3 is 2.70 bits per heavy atom. The predicted molar refractivity (Wildman–Crippen MR) is 180 cm³/mol. The van der Waals surface area contributed by atoms with Crippen molar-refractivity contribution in [3.8, 4) is 0 Å². The van der Waals surface area contributed by atoms with Crippen LogP contribution in [0, 0.1) is 6.92 Å². The van der Waals surface area contributed by atoms with Crippen molar-refractivity contribution in [2.24, 2.45) is 0 Å². The first-order valence-corrected chi connectivity index (χ1v) is 18.0. The molecule has 2 aromatic heterocycles. The van der Waals surface area contributed by atoms with Gasteiger partial charge in [0.15, 0.2) is 5.65 Å². The molecule has 0 bridgehead atoms. The minimum Gasteiger partial charge on any atom is -0.375 e. The fourth-order valence-corrected chi connectivity index (χ4v) is 7.02. The monoisotopic (exact) mass is 645 g/mol. The summed E-state index contributed by atoms with van der Waals surface area (Å²) >= 11 is 0. The molecule has 2 atom stereocenters. The van der Waals surface area contributed by atoms with Crippen LogP contribution in [-0.2, 0) is 27.8 Å². The predicted octanol–water partition coefficient (Wildman–Crippen LogP) is 4.33. The van der Waals surface area contributed by atoms with Gasteiger partial charge in [0.1, 0.15) is 5.82 Å². The van der Waals surface area contributed by atoms with E-state index in [1.165, 1.54) is 0 Å². The van der Waals surface area contributed by atoms with E-state index in [0.717, 1.165) is 85.4 Å². The molecule has 2 fully saturated rings. The van der Waals surface area contributed by atoms with Crippen LogP contribution in [0.3, 0.4) is 0 Å². The molecule has 2 saturated heterocycles. The number of piperazine rings is 1. The number of hydrogen-bond donors (Lipinski definition) is 2. The van der Waals surface area contributed by atoms with Gasteiger partial charge in [0.25, 0.3) is 5.91 Å². The molecule has 4 heterocycles. The molecule has 2 aromatic carbocycles. The summed E-state index contributed by atoms with van der Waals surface area (Å²) in [5.41, 5.74) is 5.33. The number of likely N-dealkylation sites (tertiary alicyclic amines) is 1. The van der Waals surface area contributed by atoms with E-state index < -0.39 is 10.0 Å². The molecule has 0 spiro atoms. The van der Waals surface area contributed by atoms with Crippen molar-refractivity contribution in [3.05, 3.63) is 88.7 Å². The first-order valence-electron chi connectivity index (χ1n) is 16.1. The van der Waals surface area contributed by atoms with Crippen molar-refractivity contribution < 1.29 is 17.9 Å². The number of anilines is 2. The van der Waals surface area contributed by atoms with Gasteiger partial charge < -0.3 is 19.9 Å². The molecule has 244 valence electrons. The maximum absolute atomic E-state index is 14.1. The summed E-state index contributed by atoms with van der Waals surface area (Å²) in [6.07, 6.45) is 6.46. The van der Waals surface area contributed by atoms with E-state index in [1.54, 1.807) is 12.1 Å². The number of aryl methyl sites for hydroxylation is 2. The van der Waals surface area contributed by atoms with Gasteiger partial charge in [0, 0.05) is 50.0 Å². The van der Waals surface area contributed by atoms with E-state index in [9.17, 15) is 13.2 Å². The van der Waals surface area contributed by atoms with Crippen LogP contribution < -0.4 is 14.9 Å². The van der Waals surface area contributed by atoms with E-state index in [4.69, 9.17) is 14.8 Å². The van der Waals surface area contributed by atoms with E-state index in [1.807, 2.05) is 52.9 Å². The number of sulfonamides is 1. The summed E-state index contributed by atoms with van der Waals surface area (Å²) in [4.78, 5) is 23.3. The van der Waals surface area contributed by atoms with Crippen LogP contribution >= 0.6 is 0 Å². The fraction of sp³-hybridized carbons (Fsp3) is 0.441. The summed E-state index contributed by atoms with van der Waals surface area (Å²) in [5.74, 6) is 0.729. The second-order valence-corrected chi connectivity index (χ2v) is 14.1. The number of piperidine rings is 1. The molecular weight excluding hydrogens is 602 g/mol. The van der Waals surface area contributed by atoms with Crippen LogP contribution in [0.1, 0.15) is 65.0 Å². The maximum atomic E-state index is 14.1. The maximum Gasteiger partial charge on any atom is 0.256 e. The quantitative estimate of drug-likeness (QED) is 0.262. The van der Waals surface area contributed by atoms with Crippen LogP contribution in [0.4, 0.5) is 11.5 Å². The molecule has 0 radical (unpaired) electrons. The molecule has 2 aliphatic heterocycles. The second-order valence-electron chi connectivity index (χ2n) is 12.3. The number of rotatable bonds is 10. The van der Waals surface area contributed by atoms with E-state index in [-0.39, 0.29) is 18.0 Å². The Kier molecular flexibility index (Phi) is 9.57. The lowest BCUT2D eigenvalue weighted by Gasteiger charge is -2.35. The number of amides is 1. The van der Waals surface area contributed by atoms with Crippen molar-refractivity contribution in [3.63, 3.8) is 0 Å². The van der Waals surface area contributed by atoms with Gasteiger partial charge >= 0.3 is 0 Å². The standard InChI is InChI=1S/C34H43N7O4S/c1-4-25-13-14-29(38-46(3,43)44)28(18-25)34(42)40-16-9-8-12-31(40)30-19-32-36-33(24(2)20-41(32)37-30)39-17-15-35-27(21-39)23-45-22-26-10-6-5-7-11-26/h5-7,10-11,13-14,18-20,27,31,35,38H,4,8-9,12,15-17,21-23H2,1-3H3. The number of nitrogens with zero attached hydrogens (tertiary/aromatic N) is 5. The third-order valence-corrected chi connectivity index (χ3v) is 9.32. The van der Waals surface area contributed by atoms with E-state index >= 15 is 0 Å². The van der Waals surface area contributed by atoms with Gasteiger partial charge in [-0.25, -0.2) is 17.9 Å². The first-order chi connectivity index (χ1) is 22.2. The molecule has 0 aliphatic carbocycles. The molecule has 4 aromatic rings. The first kappa shape index (κ1) is 32.0. The SMILES string of the molecule is CCc1ccc(NS(C)(=O)=O)c(C(=O)N2CCCCC2c2cc3nc(N4CCNC(COCc5ccccc5)C4)c(C)cn3n2)c1. The zero-order chi connectivity index (χ0) is 32.3. The highest BCUT2D eigenvalue weighted by atomic mass is 32.2. The molecule has 2 unspecified atom stereocenters. The molecule has 46 heavy (non-hydrogen) atoms. The second kappa shape index (κ2) is 13.8. The number of carbonyl (C=O) groups excluding carboxylic acids is 1. The fourth-order valence-electron chi connectivity index (χ4n) is 6.44. The van der Waals surface area contributed by atoms with Crippen LogP contribution in [0.5, 0.6) is 0 Å². The smallest absolute Gasteiger partial charge is 0.256 e. The van der Waals surface area contributed by atoms with Crippen LogP contribution in [0.15, 0.2) is 60.8 Å². The Labute approximate surface area is 271 Å². The third kappa shape index (κ3) is 7.35. The number of benzene rings is 2. The summed E-state index contributed by atoms with van der Waals surface area (Å²) in [6.45, 7) is 8.29. The summed E-state index contributed by atoms with van der Waals surface area (Å²) in [5, 5.41) is 8.48. The highest BCUT2D eigenvalue weighted by molar-refractivity contribution is 7.92. The van der Waals surface area contributed by atoms with Gasteiger partial charge in [-0.05, 0) is 55.9 Å². The van der Waals surface area contributed by atoms with Gasteiger partial charge in [0.2, 0.25) is 10.0 Å². The summed E-state index contributed by atoms with van der Waals surface area (Å²) < 4.78 is 34.6. The Balaban J connectivity index is 1.21. The number of aromatic nitrogens is 3. The molecule has 12 heteroatoms. The van der Waals surface area contributed by atoms with Gasteiger partial charge in [0.05, 0.1) is 42.5 Å². The van der Waals surface area contributed by atoms with Crippen molar-refractivity contribution in [1.29, 1.82) is 0 Å². The van der Waals surface area contributed by atoms with Crippen molar-refractivity contribution in [1.82, 2.24) is 24.8 Å². The highest BCUT2D eigenvalue weighted by Crippen LogP contribution is 2.34. The zero-order valence-corrected chi connectivity index (χ0v) is 27.6. The average molecular weight is 646 g/mol.